The van der Waals surface area contributed by atoms with Crippen LogP contribution in [0.5, 0.6) is 0 Å². The van der Waals surface area contributed by atoms with Gasteiger partial charge in [0.15, 0.2) is 18.4 Å². The van der Waals surface area contributed by atoms with Crippen LogP contribution in [0.2, 0.25) is 0 Å². The molecule has 0 aromatic rings. The van der Waals surface area contributed by atoms with E-state index >= 15 is 0 Å². The van der Waals surface area contributed by atoms with Crippen LogP contribution in [0.3, 0.4) is 0 Å². The maximum Gasteiger partial charge on any atom is 0.472 e. The molecule has 2 aliphatic carbocycles. The average molecular weight is 666 g/mol. The number of carbonyl (C=O) groups excluding carboxylic acids is 4. The van der Waals surface area contributed by atoms with Gasteiger partial charge in [0.05, 0.1) is 18.4 Å². The van der Waals surface area contributed by atoms with Crippen molar-refractivity contribution in [2.24, 2.45) is 11.8 Å². The van der Waals surface area contributed by atoms with Crippen molar-refractivity contribution in [2.75, 3.05) is 6.61 Å². The second-order valence-corrected chi connectivity index (χ2v) is 13.3. The van der Waals surface area contributed by atoms with Crippen molar-refractivity contribution in [3.8, 4) is 0 Å². The number of fused-ring (bicyclic) bond motifs is 1. The first kappa shape index (κ1) is 35.2. The summed E-state index contributed by atoms with van der Waals surface area (Å²) in [6.45, 7) is -1.27. The van der Waals surface area contributed by atoms with Crippen LogP contribution in [0.15, 0.2) is 0 Å². The Labute approximate surface area is 221 Å². The Balaban J connectivity index is 2.45. The van der Waals surface area contributed by atoms with Crippen LogP contribution in [0.4, 0.5) is 0 Å². The molecule has 40 heavy (non-hydrogen) atoms. The van der Waals surface area contributed by atoms with Crippen LogP contribution in [-0.4, -0.2) is 111 Å². The number of aldehydes is 2. The normalized spacial score (nSPS) is 32.8. The number of aliphatic hydroxyl groups excluding tert-OH is 1. The number of Topliss-reactive ketones (excluding diaryl/α,β-unsaturated/α-hetero) is 2. The second-order valence-electron chi connectivity index (χ2n) is 8.34. The maximum absolute atomic E-state index is 12.6. The lowest BCUT2D eigenvalue weighted by Gasteiger charge is -2.41. The van der Waals surface area contributed by atoms with Gasteiger partial charge in [-0.05, 0) is 0 Å². The van der Waals surface area contributed by atoms with Crippen LogP contribution in [0, 0.1) is 11.8 Å². The number of phosphoric acid groups is 4. The lowest BCUT2D eigenvalue weighted by Crippen LogP contribution is -2.59. The van der Waals surface area contributed by atoms with Crippen LogP contribution in [-0.2, 0) is 60.1 Å². The van der Waals surface area contributed by atoms with Crippen LogP contribution in [0.1, 0.15) is 6.42 Å². The molecule has 230 valence electrons. The molecule has 0 heterocycles. The van der Waals surface area contributed by atoms with E-state index in [9.17, 15) is 72.1 Å². The molecule has 0 aliphatic heterocycles. The average Bonchev–Trinajstić information content (AvgIpc) is 3.36. The third-order valence-electron chi connectivity index (χ3n) is 5.54. The molecular weight excluding hydrogens is 644 g/mol. The highest BCUT2D eigenvalue weighted by atomic mass is 31.2. The van der Waals surface area contributed by atoms with Gasteiger partial charge in [0.2, 0.25) is 5.78 Å². The van der Waals surface area contributed by atoms with Gasteiger partial charge in [-0.3, -0.25) is 41.8 Å². The SMILES string of the molecule is O=CC(=O)C[C@H](COP(=O)(O)OC1C(O)[C@@H](OP(=O)(O)O)C(OP(=O)(O)O)[C@H]2C(OP(=O)(O)O)C12O)C(=O)C=O. The summed E-state index contributed by atoms with van der Waals surface area (Å²) in [6.07, 6.45) is -14.6. The molecular formula is C14H22O22P4. The molecule has 0 spiro atoms. The molecule has 0 aromatic carbocycles. The van der Waals surface area contributed by atoms with E-state index in [2.05, 4.69) is 22.6 Å². The summed E-state index contributed by atoms with van der Waals surface area (Å²) < 4.78 is 68.8. The standard InChI is InChI=1S/C14H22O22P4/c15-2-6(17)1-5(7(18)3-16)4-32-40(30,31)36-13-9(19)11(34-38(24,25)26)10(33-37(21,22)23)8-12(14(8,13)20)35-39(27,28)29/h2-3,5,8-13,19-20H,1,4H2,(H,30,31)(H2,21,22,23)(H2,24,25,26)(H2,27,28,29)/t5-,8+,9?,10?,11-,12?,13?,14?/m1/s1. The van der Waals surface area contributed by atoms with Gasteiger partial charge in [0, 0.05) is 6.42 Å². The molecule has 6 unspecified atom stereocenters. The summed E-state index contributed by atoms with van der Waals surface area (Å²) in [7, 11) is -22.7. The molecule has 2 aliphatic rings. The summed E-state index contributed by atoms with van der Waals surface area (Å²) in [5, 5.41) is 21.6. The molecule has 0 radical (unpaired) electrons. The van der Waals surface area contributed by atoms with Gasteiger partial charge in [-0.1, -0.05) is 0 Å². The van der Waals surface area contributed by atoms with E-state index in [1.165, 1.54) is 0 Å². The predicted molar refractivity (Wildman–Crippen MR) is 116 cm³/mol. The number of ketones is 2. The Kier molecular flexibility index (Phi) is 10.9. The number of carbonyl (C=O) groups is 4. The van der Waals surface area contributed by atoms with Gasteiger partial charge in [0.25, 0.3) is 0 Å². The topological polar surface area (TPSA) is 365 Å². The largest absolute Gasteiger partial charge is 0.472 e. The molecule has 0 aromatic heterocycles. The number of phosphoric ester groups is 4. The first-order valence-electron chi connectivity index (χ1n) is 10.2. The molecule has 2 saturated carbocycles. The minimum Gasteiger partial charge on any atom is -0.387 e. The number of aliphatic hydroxyl groups is 2. The Morgan fingerprint density at radius 2 is 1.27 bits per heavy atom. The lowest BCUT2D eigenvalue weighted by atomic mass is 9.87. The van der Waals surface area contributed by atoms with E-state index in [1.807, 2.05) is 0 Å². The van der Waals surface area contributed by atoms with Crippen LogP contribution < -0.4 is 0 Å². The fraction of sp³-hybridized carbons (Fsp3) is 0.714. The van der Waals surface area contributed by atoms with Gasteiger partial charge in [-0.2, -0.15) is 0 Å². The van der Waals surface area contributed by atoms with Crippen LogP contribution >= 0.6 is 31.3 Å². The summed E-state index contributed by atoms with van der Waals surface area (Å²) >= 11 is 0. The highest BCUT2D eigenvalue weighted by Gasteiger charge is 2.81. The summed E-state index contributed by atoms with van der Waals surface area (Å²) in [6, 6.07) is 0. The van der Waals surface area contributed by atoms with E-state index in [1.54, 1.807) is 0 Å². The first-order valence-corrected chi connectivity index (χ1v) is 16.3. The zero-order valence-electron chi connectivity index (χ0n) is 19.2. The molecule has 2 fully saturated rings. The fourth-order valence-corrected chi connectivity index (χ4v) is 6.75. The molecule has 0 bridgehead atoms. The van der Waals surface area contributed by atoms with Crippen molar-refractivity contribution < 1.29 is 105 Å². The van der Waals surface area contributed by atoms with E-state index in [4.69, 9.17) is 9.79 Å². The predicted octanol–water partition coefficient (Wildman–Crippen LogP) is -3.80. The summed E-state index contributed by atoms with van der Waals surface area (Å²) in [4.78, 5) is 109. The number of rotatable bonds is 16. The lowest BCUT2D eigenvalue weighted by molar-refractivity contribution is -0.173. The molecule has 0 saturated heterocycles. The van der Waals surface area contributed by atoms with E-state index in [-0.39, 0.29) is 12.6 Å². The first-order chi connectivity index (χ1) is 18.0. The quantitative estimate of drug-likeness (QED) is 0.0433. The van der Waals surface area contributed by atoms with Gasteiger partial charge in [0.1, 0.15) is 36.1 Å². The molecule has 0 amide bonds. The monoisotopic (exact) mass is 666 g/mol. The van der Waals surface area contributed by atoms with Crippen molar-refractivity contribution >= 4 is 55.4 Å². The van der Waals surface area contributed by atoms with E-state index < -0.39 is 104 Å². The Bertz CT molecular complexity index is 1200. The zero-order valence-corrected chi connectivity index (χ0v) is 22.8. The molecule has 2 rings (SSSR count). The second kappa shape index (κ2) is 12.3. The maximum atomic E-state index is 12.6. The number of hydrogen-bond donors (Lipinski definition) is 9. The fourth-order valence-electron chi connectivity index (χ4n) is 4.02. The van der Waals surface area contributed by atoms with Crippen molar-refractivity contribution in [1.82, 2.24) is 0 Å². The highest BCUT2D eigenvalue weighted by Crippen LogP contribution is 2.66. The minimum absolute atomic E-state index is 0.236. The molecule has 9 atom stereocenters. The van der Waals surface area contributed by atoms with Gasteiger partial charge < -0.3 is 44.5 Å². The van der Waals surface area contributed by atoms with Crippen molar-refractivity contribution in [3.05, 3.63) is 0 Å². The Morgan fingerprint density at radius 3 is 1.73 bits per heavy atom. The number of hydrogen-bond acceptors (Lipinski definition) is 15. The molecule has 9 N–H and O–H groups in total. The van der Waals surface area contributed by atoms with Crippen molar-refractivity contribution in [1.29, 1.82) is 0 Å². The minimum atomic E-state index is -5.72. The van der Waals surface area contributed by atoms with E-state index in [0.717, 1.165) is 0 Å². The van der Waals surface area contributed by atoms with Crippen molar-refractivity contribution in [2.45, 2.75) is 42.5 Å². The third kappa shape index (κ3) is 9.02. The summed E-state index contributed by atoms with van der Waals surface area (Å²) in [5.41, 5.74) is -3.09. The van der Waals surface area contributed by atoms with Crippen LogP contribution in [0.25, 0.3) is 0 Å². The van der Waals surface area contributed by atoms with Gasteiger partial charge in [-0.25, -0.2) is 18.3 Å². The zero-order chi connectivity index (χ0) is 31.1. The molecule has 26 heteroatoms. The Morgan fingerprint density at radius 1 is 0.775 bits per heavy atom. The smallest absolute Gasteiger partial charge is 0.387 e. The Hall–Kier alpha value is -0.960. The van der Waals surface area contributed by atoms with E-state index in [0.29, 0.717) is 0 Å². The molecule has 22 nitrogen and oxygen atoms in total. The van der Waals surface area contributed by atoms with Gasteiger partial charge >= 0.3 is 31.3 Å². The third-order valence-corrected chi connectivity index (χ3v) is 8.05. The highest BCUT2D eigenvalue weighted by molar-refractivity contribution is 7.47. The summed E-state index contributed by atoms with van der Waals surface area (Å²) in [5.74, 6) is -6.60. The van der Waals surface area contributed by atoms with Crippen molar-refractivity contribution in [3.63, 3.8) is 0 Å². The van der Waals surface area contributed by atoms with Gasteiger partial charge in [-0.15, -0.1) is 0 Å².